The predicted molar refractivity (Wildman–Crippen MR) is 51.3 cm³/mol. The minimum atomic E-state index is 0.108. The number of rotatable bonds is 0. The van der Waals surface area contributed by atoms with Gasteiger partial charge < -0.3 is 0 Å². The van der Waals surface area contributed by atoms with Crippen LogP contribution in [0.4, 0.5) is 0 Å². The Morgan fingerprint density at radius 1 is 1.08 bits per heavy atom. The van der Waals surface area contributed by atoms with Crippen molar-refractivity contribution in [2.45, 2.75) is 40.0 Å². The van der Waals surface area contributed by atoms with Crippen molar-refractivity contribution in [3.05, 3.63) is 29.2 Å². The zero-order chi connectivity index (χ0) is 9.35. The normalized spacial score (nSPS) is 11.8. The van der Waals surface area contributed by atoms with Gasteiger partial charge in [-0.15, -0.1) is 0 Å². The highest BCUT2D eigenvalue weighted by atomic mass is 16.3. The Balaban J connectivity index is 3.18. The van der Waals surface area contributed by atoms with Gasteiger partial charge in [0, 0.05) is 12.1 Å². The molecule has 1 heterocycles. The van der Waals surface area contributed by atoms with Crippen molar-refractivity contribution in [1.29, 1.82) is 0 Å². The van der Waals surface area contributed by atoms with Crippen molar-refractivity contribution in [3.63, 3.8) is 0 Å². The highest BCUT2D eigenvalue weighted by Gasteiger charge is 2.26. The maximum Gasteiger partial charge on any atom is 0.334 e. The fraction of sp³-hybridized carbons (Fsp3) is 0.545. The molecule has 1 nitrogen and oxygen atoms in total. The van der Waals surface area contributed by atoms with Gasteiger partial charge in [-0.25, -0.2) is 4.42 Å². The van der Waals surface area contributed by atoms with Crippen molar-refractivity contribution < 1.29 is 4.42 Å². The summed E-state index contributed by atoms with van der Waals surface area (Å²) in [6, 6.07) is 4.15. The summed E-state index contributed by atoms with van der Waals surface area (Å²) in [5.41, 5.74) is 1.38. The zero-order valence-electron chi connectivity index (χ0n) is 8.56. The van der Waals surface area contributed by atoms with Gasteiger partial charge in [0.2, 0.25) is 0 Å². The van der Waals surface area contributed by atoms with Crippen LogP contribution < -0.4 is 0 Å². The molecule has 66 valence electrons. The van der Waals surface area contributed by atoms with Gasteiger partial charge >= 0.3 is 11.5 Å². The zero-order valence-corrected chi connectivity index (χ0v) is 8.56. The van der Waals surface area contributed by atoms with Gasteiger partial charge in [-0.2, -0.15) is 0 Å². The lowest BCUT2D eigenvalue weighted by molar-refractivity contribution is 0.380. The van der Waals surface area contributed by atoms with Crippen LogP contribution in [0.1, 0.15) is 37.9 Å². The van der Waals surface area contributed by atoms with E-state index in [4.69, 9.17) is 4.42 Å². The molecular formula is C11H17O+. The average molecular weight is 165 g/mol. The van der Waals surface area contributed by atoms with E-state index < -0.39 is 0 Å². The Bertz CT molecular complexity index is 261. The van der Waals surface area contributed by atoms with Gasteiger partial charge in [-0.3, -0.25) is 0 Å². The second-order valence-electron chi connectivity index (χ2n) is 4.36. The van der Waals surface area contributed by atoms with Crippen LogP contribution in [0.15, 0.2) is 16.5 Å². The first-order chi connectivity index (χ1) is 5.39. The van der Waals surface area contributed by atoms with Crippen LogP contribution in [0.5, 0.6) is 0 Å². The molecule has 0 aliphatic rings. The molecule has 0 aliphatic carbocycles. The molecule has 1 aromatic heterocycles. The van der Waals surface area contributed by atoms with Crippen LogP contribution in [0, 0.1) is 13.8 Å². The highest BCUT2D eigenvalue weighted by molar-refractivity contribution is 5.20. The molecule has 0 radical (unpaired) electrons. The van der Waals surface area contributed by atoms with Crippen molar-refractivity contribution in [3.8, 4) is 0 Å². The SMILES string of the molecule is Cc1cc(C)[o+]c(C(C)(C)C)c1. The van der Waals surface area contributed by atoms with E-state index in [1.54, 1.807) is 0 Å². The van der Waals surface area contributed by atoms with E-state index >= 15 is 0 Å². The van der Waals surface area contributed by atoms with Crippen molar-refractivity contribution in [2.75, 3.05) is 0 Å². The second kappa shape index (κ2) is 2.89. The summed E-state index contributed by atoms with van der Waals surface area (Å²) >= 11 is 0. The Labute approximate surface area is 74.4 Å². The second-order valence-corrected chi connectivity index (χ2v) is 4.36. The molecule has 0 saturated heterocycles. The molecule has 12 heavy (non-hydrogen) atoms. The lowest BCUT2D eigenvalue weighted by Crippen LogP contribution is -2.11. The lowest BCUT2D eigenvalue weighted by Gasteiger charge is -2.08. The Morgan fingerprint density at radius 2 is 1.67 bits per heavy atom. The number of hydrogen-bond acceptors (Lipinski definition) is 0. The molecule has 1 aromatic rings. The molecule has 0 bridgehead atoms. The molecule has 0 saturated carbocycles. The van der Waals surface area contributed by atoms with Gasteiger partial charge in [0.1, 0.15) is 0 Å². The van der Waals surface area contributed by atoms with Crippen LogP contribution in [0.25, 0.3) is 0 Å². The van der Waals surface area contributed by atoms with Crippen LogP contribution in [-0.2, 0) is 5.41 Å². The molecule has 0 N–H and O–H groups in total. The third-order valence-electron chi connectivity index (χ3n) is 1.80. The van der Waals surface area contributed by atoms with E-state index in [0.29, 0.717) is 0 Å². The Kier molecular flexibility index (Phi) is 2.22. The third-order valence-corrected chi connectivity index (χ3v) is 1.80. The molecule has 0 spiro atoms. The minimum Gasteiger partial charge on any atom is -0.218 e. The molecule has 0 aliphatic heterocycles. The van der Waals surface area contributed by atoms with Gasteiger partial charge in [-0.1, -0.05) is 0 Å². The molecule has 0 aromatic carbocycles. The van der Waals surface area contributed by atoms with Crippen LogP contribution in [0.3, 0.4) is 0 Å². The molecular weight excluding hydrogens is 148 g/mol. The Hall–Kier alpha value is -0.850. The summed E-state index contributed by atoms with van der Waals surface area (Å²) in [6.07, 6.45) is 0. The van der Waals surface area contributed by atoms with E-state index in [0.717, 1.165) is 11.5 Å². The van der Waals surface area contributed by atoms with Crippen LogP contribution >= 0.6 is 0 Å². The van der Waals surface area contributed by atoms with E-state index in [9.17, 15) is 0 Å². The topological polar surface area (TPSA) is 11.3 Å². The largest absolute Gasteiger partial charge is 0.334 e. The highest BCUT2D eigenvalue weighted by Crippen LogP contribution is 2.23. The molecule has 0 unspecified atom stereocenters. The molecule has 1 heteroatoms. The monoisotopic (exact) mass is 165 g/mol. The van der Waals surface area contributed by atoms with Crippen LogP contribution in [-0.4, -0.2) is 0 Å². The summed E-state index contributed by atoms with van der Waals surface area (Å²) in [6.45, 7) is 10.6. The van der Waals surface area contributed by atoms with E-state index in [-0.39, 0.29) is 5.41 Å². The summed E-state index contributed by atoms with van der Waals surface area (Å²) in [4.78, 5) is 0. The maximum atomic E-state index is 5.62. The van der Waals surface area contributed by atoms with Crippen LogP contribution in [0.2, 0.25) is 0 Å². The summed E-state index contributed by atoms with van der Waals surface area (Å²) in [7, 11) is 0. The first kappa shape index (κ1) is 9.24. The fourth-order valence-electron chi connectivity index (χ4n) is 1.17. The number of hydrogen-bond donors (Lipinski definition) is 0. The quantitative estimate of drug-likeness (QED) is 0.536. The fourth-order valence-corrected chi connectivity index (χ4v) is 1.17. The Morgan fingerprint density at radius 3 is 2.08 bits per heavy atom. The van der Waals surface area contributed by atoms with Crippen molar-refractivity contribution >= 4 is 0 Å². The smallest absolute Gasteiger partial charge is 0.218 e. The molecule has 0 fully saturated rings. The van der Waals surface area contributed by atoms with E-state index in [2.05, 4.69) is 39.8 Å². The van der Waals surface area contributed by atoms with Gasteiger partial charge in [0.25, 0.3) is 0 Å². The third kappa shape index (κ3) is 2.07. The minimum absolute atomic E-state index is 0.108. The van der Waals surface area contributed by atoms with Gasteiger partial charge in [-0.05, 0) is 33.3 Å². The maximum absolute atomic E-state index is 5.62. The average Bonchev–Trinajstić information content (AvgIpc) is 1.82. The summed E-state index contributed by atoms with van der Waals surface area (Å²) in [5.74, 6) is 2.04. The van der Waals surface area contributed by atoms with E-state index in [1.165, 1.54) is 5.56 Å². The van der Waals surface area contributed by atoms with Crippen molar-refractivity contribution in [2.24, 2.45) is 0 Å². The summed E-state index contributed by atoms with van der Waals surface area (Å²) in [5, 5.41) is 0. The lowest BCUT2D eigenvalue weighted by atomic mass is 9.92. The molecule has 0 amide bonds. The summed E-state index contributed by atoms with van der Waals surface area (Å²) < 4.78 is 5.62. The first-order valence-electron chi connectivity index (χ1n) is 4.31. The standard InChI is InChI=1S/C11H17O/c1-8-6-9(2)12-10(7-8)11(3,4)5/h6-7H,1-5H3/q+1. The molecule has 1 rings (SSSR count). The van der Waals surface area contributed by atoms with Gasteiger partial charge in [0.15, 0.2) is 0 Å². The molecule has 0 atom stereocenters. The van der Waals surface area contributed by atoms with E-state index in [1.807, 2.05) is 6.92 Å². The predicted octanol–water partition coefficient (Wildman–Crippen LogP) is 3.48. The first-order valence-corrected chi connectivity index (χ1v) is 4.31. The number of aryl methyl sites for hydroxylation is 2. The van der Waals surface area contributed by atoms with Gasteiger partial charge in [0.05, 0.1) is 12.3 Å². The van der Waals surface area contributed by atoms with Crippen molar-refractivity contribution in [1.82, 2.24) is 0 Å².